The quantitative estimate of drug-likeness (QED) is 0.0607. The first kappa shape index (κ1) is 75.1. The average molecular weight is 1360 g/mol. The molecule has 31 heteroatoms. The minimum atomic E-state index is -5.32. The number of rotatable bonds is 26. The van der Waals surface area contributed by atoms with Crippen LogP contribution in [-0.4, -0.2) is 127 Å². The second kappa shape index (κ2) is 28.6. The Hall–Kier alpha value is -6.89. The summed E-state index contributed by atoms with van der Waals surface area (Å²) < 4.78 is 31.9. The molecule has 15 atom stereocenters. The molecule has 8 bridgehead atoms. The van der Waals surface area contributed by atoms with Gasteiger partial charge in [0.05, 0.1) is 41.3 Å². The van der Waals surface area contributed by atoms with Crippen molar-refractivity contribution >= 4 is 77.3 Å². The molecule has 15 N–H and O–H groups in total. The Morgan fingerprint density at radius 1 is 0.796 bits per heavy atom. The van der Waals surface area contributed by atoms with Crippen molar-refractivity contribution in [3.05, 3.63) is 79.7 Å². The van der Waals surface area contributed by atoms with Crippen molar-refractivity contribution in [3.8, 4) is 0 Å². The smallest absolute Gasteiger partial charge is 0.756 e. The van der Waals surface area contributed by atoms with Gasteiger partial charge in [-0.2, -0.15) is 5.70 Å². The summed E-state index contributed by atoms with van der Waals surface area (Å²) in [5, 5.41) is 30.1. The van der Waals surface area contributed by atoms with E-state index in [9.17, 15) is 53.2 Å². The number of phosphoric acid groups is 1. The molecule has 7 amide bonds. The molecule has 0 aliphatic carbocycles. The number of allylic oxidation sites excluding steroid dienone is 6. The van der Waals surface area contributed by atoms with E-state index in [1.165, 1.54) is 17.8 Å². The number of carbonyl (C=O) groups excluding carboxylic acids is 7. The third-order valence-corrected chi connectivity index (χ3v) is 21.6. The molecule has 1 aromatic carbocycles. The van der Waals surface area contributed by atoms with Gasteiger partial charge in [-0.05, 0) is 119 Å². The fraction of sp³-hybridized carbons (Fsp3) is 0.629. The largest absolute Gasteiger partial charge is 3.00 e. The molecule has 93 heavy (non-hydrogen) atoms. The van der Waals surface area contributed by atoms with E-state index >= 15 is 0 Å². The Balaban J connectivity index is 0.00000453. The standard InChI is InChI=1S/C62H90N13O14P.Co.NO/c1-29-20-39-40(21-30(29)2)75(28-70-39)57-52(84)53(41(27-76)87-57)89-90(85,86)88-31(3)26-69-49(83)18-19-59(8)37(22-46(66)80)56-62(11)61(10,25-48(68)82)36(14-17-45(65)79)51(74-62)33(5)55-60(9,24-47(67)81)34(12-15-43(63)77)38(71-55)23-42-58(6,7)35(13-16-44(64)78)50(72-42)32(4)54(59)73-56;;1-2/h20-21,23,28,31,34-37,41,52-53,56-57,76,84H,12-19,22,24-27H2,1-11H3,(H15,63,64,65,66,67,68,69,71,72,73,74,77,78,79,80,81,82,83,85,86);;/q;+3;-1/p-2/t31-,34-,35-,36-,37+,41-,52-,53-,56-,57+,59-,60+,61+,62+;;/m1../s1. The number of primary amides is 6. The predicted octanol–water partition coefficient (Wildman–Crippen LogP) is 3.64. The molecular formula is C62H88CoN14O15P. The van der Waals surface area contributed by atoms with Crippen molar-refractivity contribution in [2.75, 3.05) is 13.2 Å². The van der Waals surface area contributed by atoms with Gasteiger partial charge in [0.25, 0.3) is 7.82 Å². The number of aryl methyl sites for hydroxylation is 2. The number of amides is 7. The third-order valence-electron chi connectivity index (χ3n) is 20.5. The summed E-state index contributed by atoms with van der Waals surface area (Å²) in [6, 6.07) is 2.65. The van der Waals surface area contributed by atoms with Crippen molar-refractivity contribution in [3.63, 3.8) is 0 Å². The van der Waals surface area contributed by atoms with Gasteiger partial charge in [-0.25, -0.2) is 4.98 Å². The number of aromatic nitrogens is 2. The van der Waals surface area contributed by atoms with E-state index in [-0.39, 0.29) is 94.0 Å². The first-order chi connectivity index (χ1) is 42.8. The van der Waals surface area contributed by atoms with Gasteiger partial charge in [0, 0.05) is 108 Å². The Morgan fingerprint density at radius 2 is 1.38 bits per heavy atom. The van der Waals surface area contributed by atoms with Crippen LogP contribution >= 0.6 is 7.82 Å². The predicted molar refractivity (Wildman–Crippen MR) is 338 cm³/mol. The third kappa shape index (κ3) is 14.7. The number of benzene rings is 1. The molecule has 6 aliphatic rings. The topological polar surface area (TPSA) is 504 Å². The number of imidazole rings is 1. The van der Waals surface area contributed by atoms with Gasteiger partial charge in [-0.3, -0.25) is 53.1 Å². The number of nitrogens with one attached hydrogen (secondary N) is 1. The average Bonchev–Trinajstić information content (AvgIpc) is 1.53. The van der Waals surface area contributed by atoms with E-state index in [2.05, 4.69) is 10.3 Å². The first-order valence-electron chi connectivity index (χ1n) is 30.7. The van der Waals surface area contributed by atoms with Gasteiger partial charge in [0.2, 0.25) is 41.4 Å². The number of carbonyl (C=O) groups is 7. The summed E-state index contributed by atoms with van der Waals surface area (Å²) >= 11 is 0. The van der Waals surface area contributed by atoms with E-state index < -0.39 is 143 Å². The van der Waals surface area contributed by atoms with Gasteiger partial charge < -0.3 is 89.0 Å². The molecule has 510 valence electrons. The maximum atomic E-state index is 14.4. The van der Waals surface area contributed by atoms with Crippen molar-refractivity contribution in [1.29, 1.82) is 0 Å². The first-order valence-corrected chi connectivity index (χ1v) is 32.1. The second-order valence-corrected chi connectivity index (χ2v) is 28.3. The molecule has 8 rings (SSSR count). The number of aliphatic imine (C=N–C) groups is 3. The molecule has 1 aromatic heterocycles. The Bertz CT molecular complexity index is 3570. The zero-order valence-corrected chi connectivity index (χ0v) is 56.3. The van der Waals surface area contributed by atoms with Gasteiger partial charge in [-0.1, -0.05) is 40.7 Å². The number of hydrogen-bond donors (Lipinski definition) is 9. The van der Waals surface area contributed by atoms with Gasteiger partial charge in [-0.15, -0.1) is 0 Å². The summed E-state index contributed by atoms with van der Waals surface area (Å²) in [5.74, 6) is -7.40. The minimum Gasteiger partial charge on any atom is -0.756 e. The van der Waals surface area contributed by atoms with Crippen molar-refractivity contribution in [1.82, 2.24) is 14.9 Å². The van der Waals surface area contributed by atoms with Gasteiger partial charge in [0.1, 0.15) is 18.3 Å². The fourth-order valence-corrected chi connectivity index (χ4v) is 16.4. The number of nitrogens with zero attached hydrogens (tertiary/aromatic N) is 7. The monoisotopic (exact) mass is 1360 g/mol. The van der Waals surface area contributed by atoms with Crippen LogP contribution in [0, 0.1) is 64.1 Å². The van der Waals surface area contributed by atoms with Crippen LogP contribution in [0.15, 0.2) is 67.8 Å². The number of ether oxygens (including phenoxy) is 1. The van der Waals surface area contributed by atoms with E-state index in [0.717, 1.165) is 11.1 Å². The normalized spacial score (nSPS) is 33.2. The summed E-state index contributed by atoms with van der Waals surface area (Å²) in [6.45, 7) is 19.0. The van der Waals surface area contributed by atoms with E-state index in [0.29, 0.717) is 56.4 Å². The molecular weight excluding hydrogens is 1270 g/mol. The zero-order chi connectivity index (χ0) is 68.7. The van der Waals surface area contributed by atoms with Crippen LogP contribution < -0.4 is 44.6 Å². The Kier molecular flexibility index (Phi) is 23.1. The van der Waals surface area contributed by atoms with Crippen LogP contribution in [0.3, 0.4) is 0 Å². The number of phosphoric ester groups is 1. The van der Waals surface area contributed by atoms with Crippen LogP contribution in [0.2, 0.25) is 0 Å². The van der Waals surface area contributed by atoms with Crippen molar-refractivity contribution < 1.29 is 83.8 Å². The number of nitrogens with two attached hydrogens (primary N) is 6. The van der Waals surface area contributed by atoms with Gasteiger partial charge in [0.15, 0.2) is 6.23 Å². The second-order valence-electron chi connectivity index (χ2n) is 27.0. The molecule has 6 aliphatic heterocycles. The number of aliphatic hydroxyl groups excluding tert-OH is 2. The Labute approximate surface area is 550 Å². The molecule has 0 saturated carbocycles. The van der Waals surface area contributed by atoms with Crippen molar-refractivity contribution in [2.24, 2.45) is 94.7 Å². The molecule has 2 fully saturated rings. The van der Waals surface area contributed by atoms with E-state index in [1.807, 2.05) is 80.5 Å². The number of fused-ring (bicyclic) bond motifs is 7. The molecule has 0 radical (unpaired) electrons. The van der Waals surface area contributed by atoms with Crippen molar-refractivity contribution in [2.45, 2.75) is 189 Å². The fourth-order valence-electron chi connectivity index (χ4n) is 15.3. The van der Waals surface area contributed by atoms with Gasteiger partial charge >= 0.3 is 16.8 Å². The maximum Gasteiger partial charge on any atom is 3.00 e. The molecule has 7 heterocycles. The number of nitroso groups, excluding NO2 is 1. The van der Waals surface area contributed by atoms with Crippen LogP contribution in [0.4, 0.5) is 0 Å². The molecule has 2 saturated heterocycles. The van der Waals surface area contributed by atoms with E-state index in [4.69, 9.17) is 79.0 Å². The summed E-state index contributed by atoms with van der Waals surface area (Å²) in [5.41, 5.74) is 42.4. The van der Waals surface area contributed by atoms with E-state index in [1.54, 1.807) is 6.92 Å². The molecule has 29 nitrogen and oxygen atoms in total. The molecule has 0 spiro atoms. The SMILES string of the molecule is C/C1=C2/[N-][C@H]([C@H](CC(N)=O)[C@@]2(C)CCC(=O)NC[C@@H](C)OP(=O)([O-])O[C@H]2[C@@H](O)[C@@H](n3cnc4cc(C)c(C)cc43)O[C@@H]2CO)[C@]2(C)N=C(/C(C)=C3N=C(/C=C4N=C1[C@@H](CCC(N)=O)C\4(C)C)[C@@H](CCC(N)=O)[C@]\3(C)CC(N)=O)[C@@H](CCC(N)=O)[C@]2(C)CC(N)=O.[Co+3].[N-]=O. The molecule has 1 unspecified atom stereocenters. The number of hydrogen-bond acceptors (Lipinski definition) is 19. The maximum absolute atomic E-state index is 14.4. The van der Waals surface area contributed by atoms with Crippen LogP contribution in [-0.2, 0) is 68.7 Å². The summed E-state index contributed by atoms with van der Waals surface area (Å²) in [7, 11) is -5.32. The molecule has 2 aromatic rings. The summed E-state index contributed by atoms with van der Waals surface area (Å²) in [6.07, 6.45) is -4.79. The zero-order valence-electron chi connectivity index (χ0n) is 54.4. The minimum absolute atomic E-state index is 0. The van der Waals surface area contributed by atoms with Crippen LogP contribution in [0.5, 0.6) is 0 Å². The van der Waals surface area contributed by atoms with Crippen LogP contribution in [0.1, 0.15) is 150 Å². The van der Waals surface area contributed by atoms with Crippen LogP contribution in [0.25, 0.3) is 21.9 Å². The summed E-state index contributed by atoms with van der Waals surface area (Å²) in [4.78, 5) is 135. The number of aliphatic hydroxyl groups is 2. The Morgan fingerprint density at radius 3 is 1.95 bits per heavy atom.